The van der Waals surface area contributed by atoms with Crippen LogP contribution in [0.2, 0.25) is 0 Å². The van der Waals surface area contributed by atoms with Crippen LogP contribution in [0, 0.1) is 5.92 Å². The third kappa shape index (κ3) is 4.97. The van der Waals surface area contributed by atoms with E-state index in [1.165, 1.54) is 5.38 Å². The van der Waals surface area contributed by atoms with E-state index in [4.69, 9.17) is 15.7 Å². The van der Waals surface area contributed by atoms with Gasteiger partial charge in [0.2, 0.25) is 6.61 Å². The highest BCUT2D eigenvalue weighted by Gasteiger charge is 2.57. The second-order valence-electron chi connectivity index (χ2n) is 7.00. The van der Waals surface area contributed by atoms with Crippen molar-refractivity contribution in [2.45, 2.75) is 38.8 Å². The van der Waals surface area contributed by atoms with Crippen LogP contribution in [-0.4, -0.2) is 69.2 Å². The topological polar surface area (TPSA) is 161 Å². The summed E-state index contributed by atoms with van der Waals surface area (Å²) in [6.45, 7) is 2.46. The molecule has 13 heteroatoms. The van der Waals surface area contributed by atoms with Crippen LogP contribution in [0.25, 0.3) is 0 Å². The number of hydrogen-bond donors (Lipinski definition) is 2. The maximum absolute atomic E-state index is 13.0. The molecule has 1 unspecified atom stereocenters. The van der Waals surface area contributed by atoms with E-state index < -0.39 is 54.3 Å². The predicted molar refractivity (Wildman–Crippen MR) is 102 cm³/mol. The van der Waals surface area contributed by atoms with Gasteiger partial charge in [0.1, 0.15) is 12.4 Å². The second-order valence-corrected chi connectivity index (χ2v) is 7.89. The van der Waals surface area contributed by atoms with Crippen molar-refractivity contribution in [1.29, 1.82) is 0 Å². The average molecular weight is 444 g/mol. The molecule has 0 aliphatic carbocycles. The molecule has 2 atom stereocenters. The third-order valence-corrected chi connectivity index (χ3v) is 5.14. The van der Waals surface area contributed by atoms with Crippen LogP contribution >= 0.6 is 11.3 Å². The molecule has 0 bridgehead atoms. The van der Waals surface area contributed by atoms with Crippen molar-refractivity contribution in [3.05, 3.63) is 11.1 Å². The Hall–Kier alpha value is -2.93. The summed E-state index contributed by atoms with van der Waals surface area (Å²) in [6.07, 6.45) is -1.73. The molecule has 2 heterocycles. The Morgan fingerprint density at radius 2 is 2.13 bits per heavy atom. The van der Waals surface area contributed by atoms with Crippen LogP contribution < -0.4 is 5.73 Å². The molecule has 1 saturated heterocycles. The zero-order chi connectivity index (χ0) is 22.6. The maximum atomic E-state index is 13.0. The molecule has 1 aliphatic rings. The van der Waals surface area contributed by atoms with E-state index in [0.29, 0.717) is 0 Å². The highest BCUT2D eigenvalue weighted by Crippen LogP contribution is 2.40. The van der Waals surface area contributed by atoms with Crippen LogP contribution in [0.15, 0.2) is 10.5 Å². The molecular formula is C17H21FN4O7S. The van der Waals surface area contributed by atoms with Crippen LogP contribution in [0.3, 0.4) is 0 Å². The smallest absolute Gasteiger partial charge is 0.344 e. The zero-order valence-electron chi connectivity index (χ0n) is 16.5. The molecule has 164 valence electrons. The van der Waals surface area contributed by atoms with Crippen molar-refractivity contribution in [2.24, 2.45) is 11.1 Å². The number of nitrogens with zero attached hydrogens (tertiary/aromatic N) is 3. The van der Waals surface area contributed by atoms with Gasteiger partial charge in [0.05, 0.1) is 11.5 Å². The molecule has 1 aromatic heterocycles. The minimum Gasteiger partial charge on any atom is -0.479 e. The summed E-state index contributed by atoms with van der Waals surface area (Å²) in [5, 5.41) is 14.7. The molecule has 30 heavy (non-hydrogen) atoms. The Morgan fingerprint density at radius 1 is 1.47 bits per heavy atom. The number of nitrogen functional groups attached to an aromatic ring is 1. The number of hydroxylamine groups is 2. The first kappa shape index (κ1) is 23.3. The number of carboxylic acids is 1. The normalized spacial score (nSPS) is 19.2. The van der Waals surface area contributed by atoms with Crippen molar-refractivity contribution < 1.29 is 38.4 Å². The minimum atomic E-state index is -1.41. The molecule has 0 saturated carbocycles. The summed E-state index contributed by atoms with van der Waals surface area (Å²) in [5.41, 5.74) is 4.36. The van der Waals surface area contributed by atoms with Gasteiger partial charge in [0.15, 0.2) is 28.5 Å². The Bertz CT molecular complexity index is 885. The summed E-state index contributed by atoms with van der Waals surface area (Å²) in [7, 11) is 0. The van der Waals surface area contributed by atoms with E-state index in [-0.39, 0.29) is 23.0 Å². The number of anilines is 1. The molecule has 0 radical (unpaired) electrons. The summed E-state index contributed by atoms with van der Waals surface area (Å²) >= 11 is 1.04. The van der Waals surface area contributed by atoms with E-state index in [9.17, 15) is 23.6 Å². The van der Waals surface area contributed by atoms with Gasteiger partial charge < -0.3 is 15.7 Å². The molecule has 1 aliphatic heterocycles. The lowest BCUT2D eigenvalue weighted by Crippen LogP contribution is -2.69. The lowest BCUT2D eigenvalue weighted by atomic mass is 9.74. The molecule has 11 nitrogen and oxygen atoms in total. The highest BCUT2D eigenvalue weighted by molar-refractivity contribution is 7.13. The summed E-state index contributed by atoms with van der Waals surface area (Å²) in [5.74, 6) is -3.95. The summed E-state index contributed by atoms with van der Waals surface area (Å²) < 4.78 is 13.0. The van der Waals surface area contributed by atoms with Crippen molar-refractivity contribution in [3.63, 3.8) is 0 Å². The molecule has 1 aromatic rings. The van der Waals surface area contributed by atoms with Crippen LogP contribution in [0.4, 0.5) is 9.52 Å². The number of aromatic nitrogens is 1. The van der Waals surface area contributed by atoms with Crippen molar-refractivity contribution in [1.82, 2.24) is 10.0 Å². The number of carboxylic acid groups (broad SMARTS) is 1. The van der Waals surface area contributed by atoms with Crippen molar-refractivity contribution in [3.8, 4) is 0 Å². The quantitative estimate of drug-likeness (QED) is 0.282. The molecule has 2 rings (SSSR count). The molecule has 3 N–H and O–H groups in total. The number of Topliss-reactive ketones (excluding diaryl/α,β-unsaturated/α-hetero) is 2. The number of nitrogens with two attached hydrogens (primary N) is 1. The number of halogens is 1. The van der Waals surface area contributed by atoms with Gasteiger partial charge in [0.25, 0.3) is 5.91 Å². The average Bonchev–Trinajstić information content (AvgIpc) is 3.08. The number of amides is 1. The van der Waals surface area contributed by atoms with Crippen LogP contribution in [0.1, 0.15) is 32.9 Å². The zero-order valence-corrected chi connectivity index (χ0v) is 17.3. The number of oxime groups is 1. The first-order chi connectivity index (χ1) is 14.0. The minimum absolute atomic E-state index is 0.0830. The molecule has 1 amide bonds. The van der Waals surface area contributed by atoms with Crippen LogP contribution in [-0.2, 0) is 28.9 Å². The Morgan fingerprint density at radius 3 is 2.60 bits per heavy atom. The maximum Gasteiger partial charge on any atom is 0.344 e. The lowest BCUT2D eigenvalue weighted by Gasteiger charge is -2.52. The Kier molecular flexibility index (Phi) is 7.21. The standard InChI is InChI=1S/C17H21FN4O7S/c1-8(23)12(5-18)29-22-15(27)9(17(22,2)3)4-11(24)14(21-28-6-13(25)26)10-7-30-16(19)20-10/h7,9,12H,4-6H2,1-3H3,(H2,19,20)(H,25,26)/b21-14-/t9-,12?/m1/s1. The van der Waals surface area contributed by atoms with Gasteiger partial charge in [-0.25, -0.2) is 19.2 Å². The van der Waals surface area contributed by atoms with E-state index in [0.717, 1.165) is 23.3 Å². The number of carbonyl (C=O) groups is 4. The number of thiazole rings is 1. The van der Waals surface area contributed by atoms with Gasteiger partial charge in [-0.1, -0.05) is 5.16 Å². The van der Waals surface area contributed by atoms with E-state index in [1.54, 1.807) is 13.8 Å². The highest BCUT2D eigenvalue weighted by atomic mass is 32.1. The largest absolute Gasteiger partial charge is 0.479 e. The van der Waals surface area contributed by atoms with E-state index >= 15 is 0 Å². The SMILES string of the molecule is CC(=O)C(CF)ON1C(=O)[C@@H](CC(=O)/C(=N\OCC(=O)O)c2csc(N)n2)C1(C)C. The van der Waals surface area contributed by atoms with Gasteiger partial charge >= 0.3 is 5.97 Å². The van der Waals surface area contributed by atoms with Gasteiger partial charge in [-0.3, -0.25) is 19.2 Å². The predicted octanol–water partition coefficient (Wildman–Crippen LogP) is 0.586. The summed E-state index contributed by atoms with van der Waals surface area (Å²) in [4.78, 5) is 61.1. The number of aliphatic carboxylic acids is 1. The summed E-state index contributed by atoms with van der Waals surface area (Å²) in [6, 6.07) is 0. The molecule has 1 fully saturated rings. The van der Waals surface area contributed by atoms with E-state index in [2.05, 4.69) is 15.0 Å². The first-order valence-electron chi connectivity index (χ1n) is 8.72. The van der Waals surface area contributed by atoms with Crippen molar-refractivity contribution in [2.75, 3.05) is 19.0 Å². The fourth-order valence-corrected chi connectivity index (χ4v) is 3.29. The number of hydrogen-bond acceptors (Lipinski definition) is 10. The van der Waals surface area contributed by atoms with Crippen LogP contribution in [0.5, 0.6) is 0 Å². The van der Waals surface area contributed by atoms with Gasteiger partial charge in [-0.05, 0) is 20.8 Å². The van der Waals surface area contributed by atoms with Gasteiger partial charge in [0, 0.05) is 11.8 Å². The molecule has 0 spiro atoms. The number of β-lactam (4-membered cyclic amide) rings is 1. The fourth-order valence-electron chi connectivity index (χ4n) is 2.74. The number of carbonyl (C=O) groups excluding carboxylic acids is 3. The lowest BCUT2D eigenvalue weighted by molar-refractivity contribution is -0.282. The number of rotatable bonds is 11. The molecule has 0 aromatic carbocycles. The Labute approximate surface area is 174 Å². The number of ketones is 2. The van der Waals surface area contributed by atoms with Gasteiger partial charge in [-0.2, -0.15) is 0 Å². The van der Waals surface area contributed by atoms with Gasteiger partial charge in [-0.15, -0.1) is 11.3 Å². The third-order valence-electron chi connectivity index (χ3n) is 4.46. The fraction of sp³-hybridized carbons (Fsp3) is 0.529. The second kappa shape index (κ2) is 9.26. The van der Waals surface area contributed by atoms with Crippen molar-refractivity contribution >= 4 is 45.6 Å². The monoisotopic (exact) mass is 444 g/mol. The Balaban J connectivity index is 2.16. The number of alkyl halides is 1. The van der Waals surface area contributed by atoms with E-state index in [1.807, 2.05) is 0 Å². The first-order valence-corrected chi connectivity index (χ1v) is 9.60. The molecular weight excluding hydrogens is 423 g/mol.